The van der Waals surface area contributed by atoms with E-state index in [1.807, 2.05) is 0 Å². The maximum absolute atomic E-state index is 9.37. The lowest BCUT2D eigenvalue weighted by Crippen LogP contribution is -2.43. The highest BCUT2D eigenvalue weighted by Crippen LogP contribution is 1.97. The van der Waals surface area contributed by atoms with Crippen molar-refractivity contribution in [1.82, 2.24) is 4.57 Å². The van der Waals surface area contributed by atoms with Crippen LogP contribution in [0.5, 0.6) is 0 Å². The largest absolute Gasteiger partial charge is 0.386 e. The van der Waals surface area contributed by atoms with Crippen molar-refractivity contribution in [1.29, 1.82) is 0 Å². The van der Waals surface area contributed by atoms with Gasteiger partial charge in [0.05, 0.1) is 6.20 Å². The summed E-state index contributed by atoms with van der Waals surface area (Å²) in [6.07, 6.45) is 4.97. The summed E-state index contributed by atoms with van der Waals surface area (Å²) in [6, 6.07) is 0. The minimum atomic E-state index is -0.897. The van der Waals surface area contributed by atoms with Gasteiger partial charge < -0.3 is 10.2 Å². The summed E-state index contributed by atoms with van der Waals surface area (Å²) in [5, 5.41) is 18.4. The number of rotatable bonds is 3. The van der Waals surface area contributed by atoms with Gasteiger partial charge in [-0.25, -0.2) is 9.13 Å². The molecule has 0 fully saturated rings. The number of imidazole rings is 1. The van der Waals surface area contributed by atoms with Crippen molar-refractivity contribution >= 4 is 6.20 Å². The van der Waals surface area contributed by atoms with Crippen LogP contribution in [-0.4, -0.2) is 20.9 Å². The van der Waals surface area contributed by atoms with Gasteiger partial charge >= 0.3 is 0 Å². The Hall–Kier alpha value is -1.13. The Morgan fingerprint density at radius 3 is 2.67 bits per heavy atom. The molecule has 2 unspecified atom stereocenters. The average Bonchev–Trinajstić information content (AvgIpc) is 2.50. The standard InChI is InChI=1S/C8H13N2O2/c1-3-9-4-5-10(6-9)8(12)7(2)11/h3-8,11-12H,1H2,2H3/q+1. The molecule has 0 amide bonds. The first-order valence-corrected chi connectivity index (χ1v) is 3.72. The molecule has 0 aliphatic carbocycles. The molecular weight excluding hydrogens is 156 g/mol. The molecule has 0 aliphatic rings. The van der Waals surface area contributed by atoms with Crippen LogP contribution < -0.4 is 4.57 Å². The molecule has 1 rings (SSSR count). The van der Waals surface area contributed by atoms with Crippen molar-refractivity contribution in [2.75, 3.05) is 0 Å². The SMILES string of the molecule is C=Cn1cc[n+](C(O)C(C)O)c1. The number of nitrogens with zero attached hydrogens (tertiary/aromatic N) is 2. The van der Waals surface area contributed by atoms with Crippen LogP contribution in [0.25, 0.3) is 6.20 Å². The average molecular weight is 169 g/mol. The molecule has 0 saturated heterocycles. The quantitative estimate of drug-likeness (QED) is 0.613. The molecule has 4 heteroatoms. The Balaban J connectivity index is 2.81. The van der Waals surface area contributed by atoms with E-state index >= 15 is 0 Å². The molecule has 0 aliphatic heterocycles. The van der Waals surface area contributed by atoms with Crippen molar-refractivity contribution in [3.8, 4) is 0 Å². The second-order valence-electron chi connectivity index (χ2n) is 2.64. The highest BCUT2D eigenvalue weighted by Gasteiger charge is 2.17. The van der Waals surface area contributed by atoms with Gasteiger partial charge in [0.15, 0.2) is 0 Å². The molecule has 0 radical (unpaired) electrons. The molecule has 1 heterocycles. The van der Waals surface area contributed by atoms with E-state index in [9.17, 15) is 5.11 Å². The molecule has 0 bridgehead atoms. The Bertz CT molecular complexity index is 268. The maximum atomic E-state index is 9.37. The molecule has 12 heavy (non-hydrogen) atoms. The van der Waals surface area contributed by atoms with E-state index in [4.69, 9.17) is 5.11 Å². The molecule has 0 saturated carbocycles. The third-order valence-corrected chi connectivity index (χ3v) is 1.63. The third-order valence-electron chi connectivity index (χ3n) is 1.63. The molecule has 66 valence electrons. The van der Waals surface area contributed by atoms with E-state index < -0.39 is 12.3 Å². The number of aliphatic hydroxyl groups is 2. The summed E-state index contributed by atoms with van der Waals surface area (Å²) >= 11 is 0. The Morgan fingerprint density at radius 2 is 2.25 bits per heavy atom. The summed E-state index contributed by atoms with van der Waals surface area (Å²) in [7, 11) is 0. The van der Waals surface area contributed by atoms with Gasteiger partial charge in [0, 0.05) is 0 Å². The van der Waals surface area contributed by atoms with E-state index in [1.54, 1.807) is 29.5 Å². The van der Waals surface area contributed by atoms with Crippen molar-refractivity contribution in [3.05, 3.63) is 25.3 Å². The molecule has 2 N–H and O–H groups in total. The van der Waals surface area contributed by atoms with Crippen LogP contribution in [0.4, 0.5) is 0 Å². The van der Waals surface area contributed by atoms with Crippen molar-refractivity contribution in [2.24, 2.45) is 0 Å². The number of aromatic nitrogens is 2. The van der Waals surface area contributed by atoms with Crippen LogP contribution in [-0.2, 0) is 0 Å². The lowest BCUT2D eigenvalue weighted by atomic mass is 10.3. The van der Waals surface area contributed by atoms with Crippen molar-refractivity contribution in [2.45, 2.75) is 19.3 Å². The highest BCUT2D eigenvalue weighted by molar-refractivity contribution is 5.13. The first-order valence-electron chi connectivity index (χ1n) is 3.72. The van der Waals surface area contributed by atoms with Gasteiger partial charge in [0.25, 0.3) is 6.33 Å². The summed E-state index contributed by atoms with van der Waals surface area (Å²) in [4.78, 5) is 0. The van der Waals surface area contributed by atoms with Gasteiger partial charge in [0.2, 0.25) is 6.23 Å². The van der Waals surface area contributed by atoms with E-state index in [-0.39, 0.29) is 0 Å². The minimum absolute atomic E-state index is 0.782. The molecule has 0 aromatic carbocycles. The van der Waals surface area contributed by atoms with Gasteiger partial charge in [-0.05, 0) is 6.92 Å². The fourth-order valence-electron chi connectivity index (χ4n) is 0.898. The molecule has 2 atom stereocenters. The predicted molar refractivity (Wildman–Crippen MR) is 44.0 cm³/mol. The molecule has 1 aromatic rings. The first-order chi connectivity index (χ1) is 5.65. The van der Waals surface area contributed by atoms with Gasteiger partial charge in [-0.15, -0.1) is 0 Å². The fraction of sp³-hybridized carbons (Fsp3) is 0.375. The smallest absolute Gasteiger partial charge is 0.250 e. The fourth-order valence-corrected chi connectivity index (χ4v) is 0.898. The molecular formula is C8H13N2O2+. The summed E-state index contributed by atoms with van der Waals surface area (Å²) in [5.74, 6) is 0. The van der Waals surface area contributed by atoms with Gasteiger partial charge in [0.1, 0.15) is 18.5 Å². The second-order valence-corrected chi connectivity index (χ2v) is 2.64. The Morgan fingerprint density at radius 1 is 1.58 bits per heavy atom. The van der Waals surface area contributed by atoms with E-state index in [2.05, 4.69) is 6.58 Å². The van der Waals surface area contributed by atoms with Crippen LogP contribution in [0.3, 0.4) is 0 Å². The zero-order chi connectivity index (χ0) is 9.14. The van der Waals surface area contributed by atoms with Crippen molar-refractivity contribution < 1.29 is 14.8 Å². The molecule has 4 nitrogen and oxygen atoms in total. The monoisotopic (exact) mass is 169 g/mol. The lowest BCUT2D eigenvalue weighted by Gasteiger charge is -2.08. The number of aliphatic hydroxyl groups excluding tert-OH is 2. The minimum Gasteiger partial charge on any atom is -0.386 e. The van der Waals surface area contributed by atoms with Gasteiger partial charge in [-0.1, -0.05) is 6.58 Å². The van der Waals surface area contributed by atoms with Crippen LogP contribution in [0.1, 0.15) is 13.2 Å². The van der Waals surface area contributed by atoms with Gasteiger partial charge in [-0.3, -0.25) is 0 Å². The van der Waals surface area contributed by atoms with Crippen LogP contribution in [0.15, 0.2) is 25.3 Å². The van der Waals surface area contributed by atoms with Crippen molar-refractivity contribution in [3.63, 3.8) is 0 Å². The Kier molecular flexibility index (Phi) is 2.62. The Labute approximate surface area is 71.0 Å². The van der Waals surface area contributed by atoms with Gasteiger partial charge in [-0.2, -0.15) is 0 Å². The highest BCUT2D eigenvalue weighted by atomic mass is 16.3. The number of hydrogen-bond acceptors (Lipinski definition) is 2. The maximum Gasteiger partial charge on any atom is 0.250 e. The topological polar surface area (TPSA) is 49.3 Å². The first kappa shape index (κ1) is 8.96. The van der Waals surface area contributed by atoms with E-state index in [1.165, 1.54) is 11.5 Å². The third kappa shape index (κ3) is 1.72. The normalized spacial score (nSPS) is 15.6. The van der Waals surface area contributed by atoms with Crippen LogP contribution in [0.2, 0.25) is 0 Å². The predicted octanol–water partition coefficient (Wildman–Crippen LogP) is -0.252. The van der Waals surface area contributed by atoms with Crippen LogP contribution >= 0.6 is 0 Å². The lowest BCUT2D eigenvalue weighted by molar-refractivity contribution is -0.766. The second kappa shape index (κ2) is 3.51. The zero-order valence-electron chi connectivity index (χ0n) is 6.96. The van der Waals surface area contributed by atoms with E-state index in [0.29, 0.717) is 0 Å². The zero-order valence-corrected chi connectivity index (χ0v) is 6.96. The summed E-state index contributed by atoms with van der Waals surface area (Å²) < 4.78 is 3.19. The number of hydrogen-bond donors (Lipinski definition) is 2. The summed E-state index contributed by atoms with van der Waals surface area (Å²) in [5.41, 5.74) is 0. The molecule has 0 spiro atoms. The summed E-state index contributed by atoms with van der Waals surface area (Å²) in [6.45, 7) is 5.08. The molecule has 1 aromatic heterocycles. The van der Waals surface area contributed by atoms with E-state index in [0.717, 1.165) is 0 Å². The van der Waals surface area contributed by atoms with Crippen LogP contribution in [0, 0.1) is 0 Å².